The van der Waals surface area contributed by atoms with E-state index in [1.54, 1.807) is 6.20 Å². The molecule has 6 heteroatoms. The molecule has 0 amide bonds. The molecule has 1 fully saturated rings. The quantitative estimate of drug-likeness (QED) is 0.774. The molecule has 19 heavy (non-hydrogen) atoms. The van der Waals surface area contributed by atoms with Crippen molar-refractivity contribution in [2.24, 2.45) is 5.73 Å². The molecule has 2 rings (SSSR count). The highest BCUT2D eigenvalue weighted by Crippen LogP contribution is 2.36. The maximum absolute atomic E-state index is 5.99. The number of aromatic nitrogens is 1. The summed E-state index contributed by atoms with van der Waals surface area (Å²) in [5, 5.41) is 0. The fourth-order valence-corrected chi connectivity index (χ4v) is 2.00. The van der Waals surface area contributed by atoms with Crippen LogP contribution < -0.4 is 16.9 Å². The van der Waals surface area contributed by atoms with Gasteiger partial charge in [0.15, 0.2) is 0 Å². The molecule has 0 atom stereocenters. The van der Waals surface area contributed by atoms with Crippen LogP contribution in [0.4, 0.5) is 5.82 Å². The van der Waals surface area contributed by atoms with Crippen molar-refractivity contribution in [1.29, 1.82) is 0 Å². The van der Waals surface area contributed by atoms with Crippen molar-refractivity contribution < 1.29 is 9.31 Å². The standard InChI is InChI=1S/C13H22BN3O2/c1-12(2)13(3,4)19-14(18-12)10-7-9(5-6-15)11(16)17-8-10/h7-8H,5-6,15H2,1-4H3,(H2,16,17). The zero-order valence-electron chi connectivity index (χ0n) is 12.1. The summed E-state index contributed by atoms with van der Waals surface area (Å²) in [7, 11) is -0.408. The van der Waals surface area contributed by atoms with Crippen LogP contribution in [0.5, 0.6) is 0 Å². The van der Waals surface area contributed by atoms with Gasteiger partial charge in [-0.25, -0.2) is 4.98 Å². The number of anilines is 1. The third kappa shape index (κ3) is 2.61. The number of hydrogen-bond donors (Lipinski definition) is 2. The number of rotatable bonds is 3. The van der Waals surface area contributed by atoms with Gasteiger partial charge in [-0.3, -0.25) is 0 Å². The molecular weight excluding hydrogens is 241 g/mol. The maximum Gasteiger partial charge on any atom is 0.496 e. The SMILES string of the molecule is CC1(C)OB(c2cnc(N)c(CCN)c2)OC1(C)C. The van der Waals surface area contributed by atoms with E-state index >= 15 is 0 Å². The van der Waals surface area contributed by atoms with Gasteiger partial charge in [0.25, 0.3) is 0 Å². The Labute approximate surface area is 114 Å². The highest BCUT2D eigenvalue weighted by Gasteiger charge is 2.51. The number of hydrogen-bond acceptors (Lipinski definition) is 5. The molecule has 5 nitrogen and oxygen atoms in total. The monoisotopic (exact) mass is 263 g/mol. The van der Waals surface area contributed by atoms with Crippen molar-refractivity contribution in [1.82, 2.24) is 4.98 Å². The first-order chi connectivity index (χ1) is 8.77. The van der Waals surface area contributed by atoms with Crippen LogP contribution >= 0.6 is 0 Å². The van der Waals surface area contributed by atoms with E-state index in [2.05, 4.69) is 4.98 Å². The van der Waals surface area contributed by atoms with Gasteiger partial charge < -0.3 is 20.8 Å². The Balaban J connectivity index is 2.27. The van der Waals surface area contributed by atoms with E-state index in [1.165, 1.54) is 0 Å². The summed E-state index contributed by atoms with van der Waals surface area (Å²) in [5.74, 6) is 0.519. The minimum absolute atomic E-state index is 0.354. The Morgan fingerprint density at radius 2 is 1.79 bits per heavy atom. The zero-order valence-corrected chi connectivity index (χ0v) is 12.1. The maximum atomic E-state index is 5.99. The van der Waals surface area contributed by atoms with Crippen LogP contribution in [0.15, 0.2) is 12.3 Å². The number of nitrogen functional groups attached to an aromatic ring is 1. The molecule has 104 valence electrons. The second-order valence-corrected chi connectivity index (χ2v) is 5.94. The lowest BCUT2D eigenvalue weighted by Crippen LogP contribution is -2.41. The predicted octanol–water partition coefficient (Wildman–Crippen LogP) is 0.464. The Morgan fingerprint density at radius 1 is 1.21 bits per heavy atom. The average molecular weight is 263 g/mol. The van der Waals surface area contributed by atoms with Crippen molar-refractivity contribution in [2.45, 2.75) is 45.3 Å². The van der Waals surface area contributed by atoms with E-state index in [9.17, 15) is 0 Å². The molecule has 0 unspecified atom stereocenters. The molecule has 0 saturated carbocycles. The highest BCUT2D eigenvalue weighted by molar-refractivity contribution is 6.62. The normalized spacial score (nSPS) is 20.8. The smallest absolute Gasteiger partial charge is 0.399 e. The summed E-state index contributed by atoms with van der Waals surface area (Å²) in [6.45, 7) is 8.65. The van der Waals surface area contributed by atoms with Crippen LogP contribution in [-0.2, 0) is 15.7 Å². The fourth-order valence-electron chi connectivity index (χ4n) is 2.00. The Morgan fingerprint density at radius 3 is 2.32 bits per heavy atom. The van der Waals surface area contributed by atoms with E-state index in [0.717, 1.165) is 11.0 Å². The van der Waals surface area contributed by atoms with Crippen LogP contribution in [0, 0.1) is 0 Å². The zero-order chi connectivity index (χ0) is 14.3. The van der Waals surface area contributed by atoms with E-state index in [4.69, 9.17) is 20.8 Å². The number of pyridine rings is 1. The number of nitrogens with two attached hydrogens (primary N) is 2. The first-order valence-corrected chi connectivity index (χ1v) is 6.57. The van der Waals surface area contributed by atoms with Gasteiger partial charge in [0.1, 0.15) is 5.82 Å². The second-order valence-electron chi connectivity index (χ2n) is 5.94. The third-order valence-corrected chi connectivity index (χ3v) is 3.96. The van der Waals surface area contributed by atoms with E-state index in [-0.39, 0.29) is 11.2 Å². The molecule has 0 aliphatic carbocycles. The van der Waals surface area contributed by atoms with Crippen molar-refractivity contribution >= 4 is 18.4 Å². The van der Waals surface area contributed by atoms with Crippen LogP contribution in [0.3, 0.4) is 0 Å². The Bertz CT molecular complexity index is 461. The summed E-state index contributed by atoms with van der Waals surface area (Å²) in [4.78, 5) is 4.20. The van der Waals surface area contributed by atoms with Crippen LogP contribution in [-0.4, -0.2) is 29.8 Å². The minimum Gasteiger partial charge on any atom is -0.399 e. The second kappa shape index (κ2) is 4.78. The van der Waals surface area contributed by atoms with Gasteiger partial charge >= 0.3 is 7.12 Å². The van der Waals surface area contributed by atoms with Crippen molar-refractivity contribution in [3.05, 3.63) is 17.8 Å². The Hall–Kier alpha value is -1.11. The van der Waals surface area contributed by atoms with E-state index in [0.29, 0.717) is 18.8 Å². The third-order valence-electron chi connectivity index (χ3n) is 3.96. The molecule has 0 aromatic carbocycles. The van der Waals surface area contributed by atoms with Gasteiger partial charge in [0.2, 0.25) is 0 Å². The van der Waals surface area contributed by atoms with Crippen LogP contribution in [0.1, 0.15) is 33.3 Å². The first-order valence-electron chi connectivity index (χ1n) is 6.57. The lowest BCUT2D eigenvalue weighted by Gasteiger charge is -2.32. The summed E-state index contributed by atoms with van der Waals surface area (Å²) in [6, 6.07) is 1.97. The van der Waals surface area contributed by atoms with Gasteiger partial charge in [-0.2, -0.15) is 0 Å². The molecule has 1 aliphatic heterocycles. The van der Waals surface area contributed by atoms with Crippen molar-refractivity contribution in [2.75, 3.05) is 12.3 Å². The summed E-state index contributed by atoms with van der Waals surface area (Å²) >= 11 is 0. The molecule has 1 aliphatic rings. The molecule has 0 radical (unpaired) electrons. The van der Waals surface area contributed by atoms with Gasteiger partial charge in [-0.05, 0) is 46.2 Å². The van der Waals surface area contributed by atoms with Crippen molar-refractivity contribution in [3.63, 3.8) is 0 Å². The van der Waals surface area contributed by atoms with Crippen LogP contribution in [0.25, 0.3) is 0 Å². The Kier molecular flexibility index (Phi) is 3.60. The van der Waals surface area contributed by atoms with Gasteiger partial charge in [-0.15, -0.1) is 0 Å². The van der Waals surface area contributed by atoms with Gasteiger partial charge in [0.05, 0.1) is 11.2 Å². The fraction of sp³-hybridized carbons (Fsp3) is 0.615. The molecule has 2 heterocycles. The van der Waals surface area contributed by atoms with Crippen LogP contribution in [0.2, 0.25) is 0 Å². The van der Waals surface area contributed by atoms with E-state index in [1.807, 2.05) is 33.8 Å². The molecule has 0 spiro atoms. The molecule has 0 bridgehead atoms. The molecular formula is C13H22BN3O2. The molecule has 1 aromatic heterocycles. The van der Waals surface area contributed by atoms with E-state index < -0.39 is 7.12 Å². The predicted molar refractivity (Wildman–Crippen MR) is 77.1 cm³/mol. The highest BCUT2D eigenvalue weighted by atomic mass is 16.7. The summed E-state index contributed by atoms with van der Waals surface area (Å²) in [6.07, 6.45) is 2.41. The summed E-state index contributed by atoms with van der Waals surface area (Å²) < 4.78 is 12.0. The lowest BCUT2D eigenvalue weighted by molar-refractivity contribution is 0.00578. The average Bonchev–Trinajstić information content (AvgIpc) is 2.51. The molecule has 1 aromatic rings. The molecule has 4 N–H and O–H groups in total. The summed E-state index contributed by atoms with van der Waals surface area (Å²) in [5.41, 5.74) is 12.5. The molecule has 1 saturated heterocycles. The van der Waals surface area contributed by atoms with Crippen molar-refractivity contribution in [3.8, 4) is 0 Å². The first kappa shape index (κ1) is 14.3. The van der Waals surface area contributed by atoms with Gasteiger partial charge in [0, 0.05) is 11.7 Å². The largest absolute Gasteiger partial charge is 0.496 e. The lowest BCUT2D eigenvalue weighted by atomic mass is 9.79. The number of nitrogens with zero attached hydrogens (tertiary/aromatic N) is 1. The van der Waals surface area contributed by atoms with Gasteiger partial charge in [-0.1, -0.05) is 6.07 Å². The topological polar surface area (TPSA) is 83.4 Å². The minimum atomic E-state index is -0.408.